The molecule has 1 saturated carbocycles. The summed E-state index contributed by atoms with van der Waals surface area (Å²) < 4.78 is 80.8. The molecule has 4 heterocycles. The number of carbonyl (C=O) groups excluding carboxylic acids is 1. The molecule has 0 bridgehead atoms. The Morgan fingerprint density at radius 2 is 1.93 bits per heavy atom. The maximum absolute atomic E-state index is 14.3. The zero-order valence-electron chi connectivity index (χ0n) is 23.7. The molecule has 1 amide bonds. The first-order valence-corrected chi connectivity index (χ1v) is 15.8. The number of alkyl halides is 3. The van der Waals surface area contributed by atoms with Gasteiger partial charge in [-0.3, -0.25) is 9.36 Å². The van der Waals surface area contributed by atoms with Crippen LogP contribution < -0.4 is 10.6 Å². The lowest BCUT2D eigenvalue weighted by molar-refractivity contribution is -0.117. The molecule has 3 aliphatic rings. The third kappa shape index (κ3) is 5.92. The number of hydrogen-bond acceptors (Lipinski definition) is 9. The lowest BCUT2D eigenvalue weighted by Gasteiger charge is -2.25. The molecule has 6 rings (SSSR count). The van der Waals surface area contributed by atoms with Gasteiger partial charge in [0.05, 0.1) is 27.7 Å². The predicted octanol–water partition coefficient (Wildman–Crippen LogP) is 5.07. The third-order valence-electron chi connectivity index (χ3n) is 7.48. The minimum Gasteiger partial charge on any atom is -0.475 e. The summed E-state index contributed by atoms with van der Waals surface area (Å²) in [4.78, 5) is 25.6. The van der Waals surface area contributed by atoms with Gasteiger partial charge in [-0.15, -0.1) is 0 Å². The second kappa shape index (κ2) is 10.8. The van der Waals surface area contributed by atoms with Gasteiger partial charge in [0.1, 0.15) is 30.3 Å². The summed E-state index contributed by atoms with van der Waals surface area (Å²) in [5, 5.41) is 5.59. The molecule has 230 valence electrons. The molecule has 3 aromatic rings. The molecule has 2 aromatic heterocycles. The number of fused-ring (bicyclic) bond motifs is 1. The van der Waals surface area contributed by atoms with E-state index in [0.717, 1.165) is 19.1 Å². The van der Waals surface area contributed by atoms with Crippen molar-refractivity contribution in [1.29, 1.82) is 0 Å². The van der Waals surface area contributed by atoms with Crippen molar-refractivity contribution in [2.45, 2.75) is 68.8 Å². The van der Waals surface area contributed by atoms with Crippen LogP contribution in [0.15, 0.2) is 34.2 Å². The fraction of sp³-hybridized carbons (Fsp3) is 0.500. The molecule has 1 aliphatic carbocycles. The number of carbonyl (C=O) groups is 1. The number of amides is 1. The van der Waals surface area contributed by atoms with Gasteiger partial charge in [0.15, 0.2) is 21.3 Å². The van der Waals surface area contributed by atoms with Crippen molar-refractivity contribution in [3.05, 3.63) is 35.7 Å². The fourth-order valence-corrected chi connectivity index (χ4v) is 6.06. The highest BCUT2D eigenvalue weighted by atomic mass is 32.2. The molecule has 2 fully saturated rings. The summed E-state index contributed by atoms with van der Waals surface area (Å²) in [6, 6.07) is 5.93. The molecule has 3 atom stereocenters. The molecule has 43 heavy (non-hydrogen) atoms. The van der Waals surface area contributed by atoms with Crippen LogP contribution in [0.5, 0.6) is 0 Å². The summed E-state index contributed by atoms with van der Waals surface area (Å²) in [5.74, 6) is -1.74. The van der Waals surface area contributed by atoms with Crippen molar-refractivity contribution < 1.29 is 35.9 Å². The lowest BCUT2D eigenvalue weighted by Crippen LogP contribution is -2.21. The van der Waals surface area contributed by atoms with Crippen LogP contribution in [0.4, 0.5) is 30.4 Å². The number of nitrogens with zero attached hydrogens (tertiary/aromatic N) is 4. The maximum atomic E-state index is 14.3. The number of halogens is 3. The van der Waals surface area contributed by atoms with E-state index in [2.05, 4.69) is 25.6 Å². The van der Waals surface area contributed by atoms with Gasteiger partial charge < -0.3 is 20.1 Å². The number of aromatic nitrogens is 3. The largest absolute Gasteiger partial charge is 0.475 e. The molecule has 15 heteroatoms. The van der Waals surface area contributed by atoms with E-state index in [9.17, 15) is 26.4 Å². The molecular weight excluding hydrogens is 589 g/mol. The Balaban J connectivity index is 1.48. The van der Waals surface area contributed by atoms with E-state index in [4.69, 9.17) is 9.47 Å². The fourth-order valence-electron chi connectivity index (χ4n) is 5.20. The van der Waals surface area contributed by atoms with Crippen LogP contribution >= 0.6 is 0 Å². The van der Waals surface area contributed by atoms with Crippen LogP contribution in [0.1, 0.15) is 63.6 Å². The van der Waals surface area contributed by atoms with Gasteiger partial charge >= 0.3 is 0 Å². The van der Waals surface area contributed by atoms with Crippen molar-refractivity contribution in [3.63, 3.8) is 0 Å². The quantitative estimate of drug-likeness (QED) is 0.356. The van der Waals surface area contributed by atoms with Gasteiger partial charge in [0, 0.05) is 24.5 Å². The summed E-state index contributed by atoms with van der Waals surface area (Å²) in [6.07, 6.45) is -1.92. The zero-order valence-corrected chi connectivity index (χ0v) is 24.6. The van der Waals surface area contributed by atoms with Crippen molar-refractivity contribution in [3.8, 4) is 0 Å². The van der Waals surface area contributed by atoms with Crippen LogP contribution in [0.3, 0.4) is 0 Å². The average molecular weight is 621 g/mol. The first kappa shape index (κ1) is 29.4. The van der Waals surface area contributed by atoms with Gasteiger partial charge in [-0.25, -0.2) is 36.5 Å². The number of rotatable bonds is 8. The smallest absolute Gasteiger partial charge is 0.295 e. The molecular formula is C28H31F3N6O5S. The standard InChI is InChI=1S/C28H31F3N6O5S/c1-28(2)13-42-27(36-28)14-7-8-17(19(10-14)43(3,39)40)32-18-12-20(34-26(38)15-11-16(15)29)33-24-22(18)35-25(23(30)31)37(24)21-6-4-5-9-41-21/h7-8,10,12,15-16,21,23H,4-6,9,11,13H2,1-3H3,(H2,32,33,34,38)/t15-,16+,21?/m0/s1. The molecule has 0 spiro atoms. The van der Waals surface area contributed by atoms with Gasteiger partial charge in [-0.2, -0.15) is 0 Å². The molecule has 11 nitrogen and oxygen atoms in total. The van der Waals surface area contributed by atoms with E-state index in [1.54, 1.807) is 6.07 Å². The van der Waals surface area contributed by atoms with E-state index in [0.29, 0.717) is 31.1 Å². The first-order chi connectivity index (χ1) is 20.3. The van der Waals surface area contributed by atoms with Crippen molar-refractivity contribution in [1.82, 2.24) is 14.5 Å². The highest BCUT2D eigenvalue weighted by Gasteiger charge is 2.44. The Morgan fingerprint density at radius 1 is 1.16 bits per heavy atom. The van der Waals surface area contributed by atoms with Crippen molar-refractivity contribution in [2.24, 2.45) is 10.9 Å². The summed E-state index contributed by atoms with van der Waals surface area (Å²) in [5.41, 5.74) is 0.245. The van der Waals surface area contributed by atoms with Gasteiger partial charge in [-0.05, 0) is 57.7 Å². The summed E-state index contributed by atoms with van der Waals surface area (Å²) >= 11 is 0. The Hall–Kier alpha value is -3.72. The molecule has 1 aromatic carbocycles. The molecule has 0 radical (unpaired) electrons. The number of anilines is 3. The predicted molar refractivity (Wildman–Crippen MR) is 152 cm³/mol. The highest BCUT2D eigenvalue weighted by molar-refractivity contribution is 7.90. The number of ether oxygens (including phenoxy) is 2. The van der Waals surface area contributed by atoms with Gasteiger partial charge in [0.25, 0.3) is 6.43 Å². The minimum atomic E-state index is -3.83. The van der Waals surface area contributed by atoms with E-state index < -0.39 is 51.9 Å². The van der Waals surface area contributed by atoms with Crippen molar-refractivity contribution in [2.75, 3.05) is 30.1 Å². The first-order valence-electron chi connectivity index (χ1n) is 13.9. The summed E-state index contributed by atoms with van der Waals surface area (Å²) in [6.45, 7) is 4.48. The lowest BCUT2D eigenvalue weighted by atomic mass is 10.1. The van der Waals surface area contributed by atoms with Crippen LogP contribution in [-0.4, -0.2) is 65.9 Å². The number of benzene rings is 1. The second-order valence-corrected chi connectivity index (χ2v) is 13.6. The van der Waals surface area contributed by atoms with E-state index in [1.165, 1.54) is 22.8 Å². The second-order valence-electron chi connectivity index (χ2n) is 11.7. The molecule has 1 unspecified atom stereocenters. The molecule has 1 saturated heterocycles. The third-order valence-corrected chi connectivity index (χ3v) is 8.62. The zero-order chi connectivity index (χ0) is 30.7. The number of aliphatic imine (C=N–C) groups is 1. The Bertz CT molecular complexity index is 1740. The van der Waals surface area contributed by atoms with E-state index >= 15 is 0 Å². The van der Waals surface area contributed by atoms with Crippen LogP contribution in [-0.2, 0) is 24.1 Å². The number of imidazole rings is 1. The average Bonchev–Trinajstić information content (AvgIpc) is 3.38. The minimum absolute atomic E-state index is 0.00330. The Morgan fingerprint density at radius 3 is 2.53 bits per heavy atom. The number of nitrogens with one attached hydrogen (secondary N) is 2. The number of pyridine rings is 1. The van der Waals surface area contributed by atoms with E-state index in [1.807, 2.05) is 13.8 Å². The van der Waals surface area contributed by atoms with Gasteiger partial charge in [0.2, 0.25) is 11.8 Å². The topological polar surface area (TPSA) is 137 Å². The highest BCUT2D eigenvalue weighted by Crippen LogP contribution is 2.39. The van der Waals surface area contributed by atoms with Gasteiger partial charge in [-0.1, -0.05) is 0 Å². The Kier molecular flexibility index (Phi) is 7.35. The molecule has 2 aliphatic heterocycles. The van der Waals surface area contributed by atoms with E-state index in [-0.39, 0.29) is 39.7 Å². The normalized spacial score (nSPS) is 23.2. The monoisotopic (exact) mass is 620 g/mol. The van der Waals surface area contributed by atoms with Crippen LogP contribution in [0.25, 0.3) is 11.2 Å². The molecule has 2 N–H and O–H groups in total. The van der Waals surface area contributed by atoms with Crippen molar-refractivity contribution >= 4 is 50.0 Å². The SMILES string of the molecule is CC1(C)COC(c2ccc(Nc3cc(NC(=O)[C@H]4C[C@H]4F)nc4c3nc(C(F)F)n4C3CCCCO3)c(S(C)(=O)=O)c2)=N1. The number of hydrogen-bond donors (Lipinski definition) is 2. The number of sulfone groups is 1. The Labute approximate surface area is 245 Å². The summed E-state index contributed by atoms with van der Waals surface area (Å²) in [7, 11) is -3.83. The van der Waals surface area contributed by atoms with Crippen LogP contribution in [0.2, 0.25) is 0 Å². The maximum Gasteiger partial charge on any atom is 0.295 e. The van der Waals surface area contributed by atoms with Crippen LogP contribution in [0, 0.1) is 5.92 Å².